The molecule has 3 unspecified atom stereocenters. The van der Waals surface area contributed by atoms with Crippen molar-refractivity contribution in [1.29, 1.82) is 0 Å². The minimum atomic E-state index is -0.664. The highest BCUT2D eigenvalue weighted by atomic mass is 16.2. The van der Waals surface area contributed by atoms with Gasteiger partial charge in [-0.3, -0.25) is 14.4 Å². The second-order valence-electron chi connectivity index (χ2n) is 5.28. The van der Waals surface area contributed by atoms with E-state index in [4.69, 9.17) is 17.2 Å². The van der Waals surface area contributed by atoms with Gasteiger partial charge in [0.25, 0.3) is 0 Å². The Bertz CT molecular complexity index is 356. The molecule has 0 bridgehead atoms. The normalized spacial score (nSPS) is 26.7. The molecular formula is C12H22N4O3. The van der Waals surface area contributed by atoms with Crippen LogP contribution in [-0.2, 0) is 14.4 Å². The van der Waals surface area contributed by atoms with E-state index in [9.17, 15) is 14.4 Å². The molecule has 7 heteroatoms. The first kappa shape index (κ1) is 15.4. The Hall–Kier alpha value is -1.63. The third kappa shape index (κ3) is 4.51. The fourth-order valence-electron chi connectivity index (χ4n) is 2.43. The molecule has 3 atom stereocenters. The van der Waals surface area contributed by atoms with Crippen molar-refractivity contribution in [3.8, 4) is 0 Å². The van der Waals surface area contributed by atoms with Crippen molar-refractivity contribution >= 4 is 17.7 Å². The van der Waals surface area contributed by atoms with Crippen LogP contribution in [0.1, 0.15) is 26.2 Å². The number of primary amides is 2. The van der Waals surface area contributed by atoms with Crippen LogP contribution in [0.15, 0.2) is 0 Å². The average molecular weight is 270 g/mol. The maximum Gasteiger partial charge on any atom is 0.237 e. The van der Waals surface area contributed by atoms with Crippen LogP contribution >= 0.6 is 0 Å². The van der Waals surface area contributed by atoms with Gasteiger partial charge < -0.3 is 22.1 Å². The molecule has 0 aromatic heterocycles. The zero-order valence-electron chi connectivity index (χ0n) is 11.2. The monoisotopic (exact) mass is 270 g/mol. The fraction of sp³-hybridized carbons (Fsp3) is 0.750. The van der Waals surface area contributed by atoms with Crippen molar-refractivity contribution < 1.29 is 14.4 Å². The predicted molar refractivity (Wildman–Crippen MR) is 69.4 cm³/mol. The average Bonchev–Trinajstić information content (AvgIpc) is 2.29. The molecule has 0 spiro atoms. The summed E-state index contributed by atoms with van der Waals surface area (Å²) in [6.45, 7) is 1.47. The van der Waals surface area contributed by atoms with Crippen molar-refractivity contribution in [2.24, 2.45) is 29.0 Å². The quantitative estimate of drug-likeness (QED) is 0.563. The summed E-state index contributed by atoms with van der Waals surface area (Å²) < 4.78 is 0. The topological polar surface area (TPSA) is 133 Å². The Morgan fingerprint density at radius 2 is 1.63 bits per heavy atom. The first-order valence-electron chi connectivity index (χ1n) is 6.42. The van der Waals surface area contributed by atoms with Gasteiger partial charge >= 0.3 is 0 Å². The molecule has 19 heavy (non-hydrogen) atoms. The SMILES string of the molecule is CC1CCC(C(=O)N(CC(N)=O)CC(N)=O)CC1N. The minimum absolute atomic E-state index is 0.0355. The second-order valence-corrected chi connectivity index (χ2v) is 5.28. The molecule has 1 rings (SSSR count). The van der Waals surface area contributed by atoms with E-state index in [0.29, 0.717) is 18.8 Å². The van der Waals surface area contributed by atoms with Crippen LogP contribution in [0.25, 0.3) is 0 Å². The Balaban J connectivity index is 2.70. The Labute approximate surface area is 112 Å². The summed E-state index contributed by atoms with van der Waals surface area (Å²) in [5, 5.41) is 0. The van der Waals surface area contributed by atoms with Gasteiger partial charge in [0, 0.05) is 12.0 Å². The number of carbonyl (C=O) groups is 3. The number of nitrogens with two attached hydrogens (primary N) is 3. The Morgan fingerprint density at radius 1 is 1.11 bits per heavy atom. The lowest BCUT2D eigenvalue weighted by molar-refractivity contribution is -0.142. The smallest absolute Gasteiger partial charge is 0.237 e. The van der Waals surface area contributed by atoms with E-state index < -0.39 is 11.8 Å². The number of hydrogen-bond acceptors (Lipinski definition) is 4. The maximum absolute atomic E-state index is 12.3. The standard InChI is InChI=1S/C12H22N4O3/c1-7-2-3-8(4-9(7)13)12(19)16(5-10(14)17)6-11(15)18/h7-9H,2-6,13H2,1H3,(H2,14,17)(H2,15,18). The lowest BCUT2D eigenvalue weighted by Crippen LogP contribution is -2.48. The van der Waals surface area contributed by atoms with E-state index in [2.05, 4.69) is 6.92 Å². The molecule has 0 aromatic rings. The van der Waals surface area contributed by atoms with E-state index in [1.165, 1.54) is 0 Å². The third-order valence-corrected chi connectivity index (χ3v) is 3.61. The van der Waals surface area contributed by atoms with E-state index in [-0.39, 0.29) is 31.0 Å². The largest absolute Gasteiger partial charge is 0.368 e. The lowest BCUT2D eigenvalue weighted by atomic mass is 9.79. The summed E-state index contributed by atoms with van der Waals surface area (Å²) in [6, 6.07) is -0.0355. The Morgan fingerprint density at radius 3 is 2.05 bits per heavy atom. The molecule has 0 aliphatic heterocycles. The maximum atomic E-state index is 12.3. The summed E-state index contributed by atoms with van der Waals surface area (Å²) in [5.41, 5.74) is 16.1. The first-order valence-corrected chi connectivity index (χ1v) is 6.42. The highest BCUT2D eigenvalue weighted by Crippen LogP contribution is 2.28. The van der Waals surface area contributed by atoms with Gasteiger partial charge in [0.1, 0.15) is 0 Å². The Kier molecular flexibility index (Phi) is 5.29. The molecule has 6 N–H and O–H groups in total. The molecule has 0 radical (unpaired) electrons. The van der Waals surface area contributed by atoms with Crippen LogP contribution < -0.4 is 17.2 Å². The van der Waals surface area contributed by atoms with Gasteiger partial charge in [-0.05, 0) is 25.2 Å². The molecule has 1 aliphatic carbocycles. The van der Waals surface area contributed by atoms with Gasteiger partial charge in [-0.1, -0.05) is 6.92 Å². The third-order valence-electron chi connectivity index (χ3n) is 3.61. The van der Waals surface area contributed by atoms with Crippen molar-refractivity contribution in [2.75, 3.05) is 13.1 Å². The molecule has 1 fully saturated rings. The van der Waals surface area contributed by atoms with Crippen LogP contribution in [0.3, 0.4) is 0 Å². The molecule has 1 aliphatic rings. The number of amides is 3. The minimum Gasteiger partial charge on any atom is -0.368 e. The number of carbonyl (C=O) groups excluding carboxylic acids is 3. The molecule has 1 saturated carbocycles. The van der Waals surface area contributed by atoms with E-state index >= 15 is 0 Å². The molecule has 0 aromatic carbocycles. The van der Waals surface area contributed by atoms with Crippen LogP contribution in [0.5, 0.6) is 0 Å². The van der Waals surface area contributed by atoms with Gasteiger partial charge in [-0.2, -0.15) is 0 Å². The van der Waals surface area contributed by atoms with Gasteiger partial charge in [0.05, 0.1) is 13.1 Å². The van der Waals surface area contributed by atoms with E-state index in [0.717, 1.165) is 11.3 Å². The number of hydrogen-bond donors (Lipinski definition) is 3. The molecule has 0 saturated heterocycles. The van der Waals surface area contributed by atoms with Crippen molar-refractivity contribution in [3.63, 3.8) is 0 Å². The molecule has 3 amide bonds. The van der Waals surface area contributed by atoms with E-state index in [1.54, 1.807) is 0 Å². The van der Waals surface area contributed by atoms with E-state index in [1.807, 2.05) is 0 Å². The van der Waals surface area contributed by atoms with Crippen molar-refractivity contribution in [3.05, 3.63) is 0 Å². The fourth-order valence-corrected chi connectivity index (χ4v) is 2.43. The summed E-state index contributed by atoms with van der Waals surface area (Å²) in [5.74, 6) is -1.47. The van der Waals surface area contributed by atoms with Crippen LogP contribution in [0.4, 0.5) is 0 Å². The summed E-state index contributed by atoms with van der Waals surface area (Å²) in [4.78, 5) is 35.3. The predicted octanol–water partition coefficient (Wildman–Crippen LogP) is -1.45. The molecule has 108 valence electrons. The zero-order chi connectivity index (χ0) is 14.6. The van der Waals surface area contributed by atoms with Crippen LogP contribution in [0, 0.1) is 11.8 Å². The summed E-state index contributed by atoms with van der Waals surface area (Å²) >= 11 is 0. The highest BCUT2D eigenvalue weighted by Gasteiger charge is 2.32. The molecule has 7 nitrogen and oxygen atoms in total. The van der Waals surface area contributed by atoms with Crippen molar-refractivity contribution in [1.82, 2.24) is 4.90 Å². The number of rotatable bonds is 5. The summed E-state index contributed by atoms with van der Waals surface area (Å²) in [7, 11) is 0. The lowest BCUT2D eigenvalue weighted by Gasteiger charge is -2.33. The number of nitrogens with zero attached hydrogens (tertiary/aromatic N) is 1. The van der Waals surface area contributed by atoms with Gasteiger partial charge in [-0.25, -0.2) is 0 Å². The van der Waals surface area contributed by atoms with Crippen LogP contribution in [-0.4, -0.2) is 41.8 Å². The van der Waals surface area contributed by atoms with Gasteiger partial charge in [0.15, 0.2) is 0 Å². The summed E-state index contributed by atoms with van der Waals surface area (Å²) in [6.07, 6.45) is 2.13. The highest BCUT2D eigenvalue weighted by molar-refractivity contribution is 5.89. The molecule has 0 heterocycles. The second kappa shape index (κ2) is 6.51. The van der Waals surface area contributed by atoms with Crippen molar-refractivity contribution in [2.45, 2.75) is 32.2 Å². The van der Waals surface area contributed by atoms with Gasteiger partial charge in [0.2, 0.25) is 17.7 Å². The first-order chi connectivity index (χ1) is 8.81. The molecular weight excluding hydrogens is 248 g/mol. The zero-order valence-corrected chi connectivity index (χ0v) is 11.2. The van der Waals surface area contributed by atoms with Crippen LogP contribution in [0.2, 0.25) is 0 Å². The van der Waals surface area contributed by atoms with Gasteiger partial charge in [-0.15, -0.1) is 0 Å².